The molecule has 20 heavy (non-hydrogen) atoms. The number of carboxylic acid groups (broad SMARTS) is 1. The van der Waals surface area contributed by atoms with Gasteiger partial charge < -0.3 is 9.90 Å². The van der Waals surface area contributed by atoms with E-state index < -0.39 is 5.97 Å². The Balaban J connectivity index is 2.08. The second-order valence-corrected chi connectivity index (χ2v) is 6.06. The van der Waals surface area contributed by atoms with Crippen molar-refractivity contribution in [3.8, 4) is 21.3 Å². The largest absolute Gasteiger partial charge is 0.550 e. The van der Waals surface area contributed by atoms with E-state index in [9.17, 15) is 9.90 Å². The monoisotopic (exact) mass is 301 g/mol. The van der Waals surface area contributed by atoms with Crippen molar-refractivity contribution in [2.75, 3.05) is 0 Å². The molecule has 0 aromatic carbocycles. The summed E-state index contributed by atoms with van der Waals surface area (Å²) in [5, 5.41) is 13.6. The fourth-order valence-corrected chi connectivity index (χ4v) is 3.65. The summed E-state index contributed by atoms with van der Waals surface area (Å²) >= 11 is 2.89. The van der Waals surface area contributed by atoms with Crippen LogP contribution in [0.3, 0.4) is 0 Å². The summed E-state index contributed by atoms with van der Waals surface area (Å²) in [6.45, 7) is 0. The number of hydrogen-bond acceptors (Lipinski definition) is 6. The fourth-order valence-electron chi connectivity index (χ4n) is 1.81. The predicted molar refractivity (Wildman–Crippen MR) is 77.4 cm³/mol. The van der Waals surface area contributed by atoms with Gasteiger partial charge in [0.05, 0.1) is 16.3 Å². The molecule has 3 aromatic rings. The van der Waals surface area contributed by atoms with Crippen LogP contribution < -0.4 is 5.11 Å². The number of aromatic nitrogens is 2. The van der Waals surface area contributed by atoms with Crippen molar-refractivity contribution in [2.45, 2.75) is 6.42 Å². The third-order valence-electron chi connectivity index (χ3n) is 2.64. The van der Waals surface area contributed by atoms with Crippen molar-refractivity contribution in [3.05, 3.63) is 46.8 Å². The van der Waals surface area contributed by atoms with E-state index in [1.54, 1.807) is 6.20 Å². The lowest BCUT2D eigenvalue weighted by molar-refractivity contribution is -0.304. The van der Waals surface area contributed by atoms with Gasteiger partial charge in [0.2, 0.25) is 0 Å². The van der Waals surface area contributed by atoms with Gasteiger partial charge in [0.25, 0.3) is 0 Å². The van der Waals surface area contributed by atoms with Crippen LogP contribution in [0.25, 0.3) is 21.3 Å². The zero-order valence-electron chi connectivity index (χ0n) is 10.3. The standard InChI is InChI=1S/C14H10N2O2S2/c17-12(18)8-11-13(10-5-3-7-19-10)16-14(20-11)9-4-1-2-6-15-9/h1-7H,8H2,(H,17,18)/p-1. The first kappa shape index (κ1) is 13.0. The minimum atomic E-state index is -1.10. The number of pyridine rings is 1. The van der Waals surface area contributed by atoms with Crippen LogP contribution in [-0.2, 0) is 11.2 Å². The Hall–Kier alpha value is -2.05. The molecule has 0 bridgehead atoms. The summed E-state index contributed by atoms with van der Waals surface area (Å²) in [5.74, 6) is -1.10. The van der Waals surface area contributed by atoms with E-state index in [2.05, 4.69) is 9.97 Å². The summed E-state index contributed by atoms with van der Waals surface area (Å²) in [6, 6.07) is 9.43. The minimum absolute atomic E-state index is 0.127. The Morgan fingerprint density at radius 3 is 2.80 bits per heavy atom. The molecule has 0 amide bonds. The third kappa shape index (κ3) is 2.61. The molecule has 4 nitrogen and oxygen atoms in total. The molecular formula is C14H9N2O2S2-. The van der Waals surface area contributed by atoms with Gasteiger partial charge in [-0.25, -0.2) is 4.98 Å². The van der Waals surface area contributed by atoms with E-state index in [1.807, 2.05) is 35.7 Å². The maximum atomic E-state index is 10.9. The molecule has 0 unspecified atom stereocenters. The molecule has 3 aromatic heterocycles. The maximum Gasteiger partial charge on any atom is 0.142 e. The average Bonchev–Trinajstić information content (AvgIpc) is 3.08. The molecule has 0 saturated carbocycles. The van der Waals surface area contributed by atoms with E-state index in [4.69, 9.17) is 0 Å². The second-order valence-electron chi connectivity index (χ2n) is 4.03. The van der Waals surface area contributed by atoms with Crippen LogP contribution in [0, 0.1) is 0 Å². The van der Waals surface area contributed by atoms with Gasteiger partial charge in [0, 0.05) is 23.5 Å². The van der Waals surface area contributed by atoms with Crippen LogP contribution in [0.2, 0.25) is 0 Å². The van der Waals surface area contributed by atoms with Crippen molar-refractivity contribution in [1.82, 2.24) is 9.97 Å². The molecule has 0 fully saturated rings. The molecule has 3 heterocycles. The van der Waals surface area contributed by atoms with E-state index in [1.165, 1.54) is 22.7 Å². The van der Waals surface area contributed by atoms with Crippen LogP contribution in [0.15, 0.2) is 41.9 Å². The Morgan fingerprint density at radius 2 is 2.15 bits per heavy atom. The highest BCUT2D eigenvalue weighted by Crippen LogP contribution is 2.35. The van der Waals surface area contributed by atoms with E-state index >= 15 is 0 Å². The molecule has 0 atom stereocenters. The number of carbonyl (C=O) groups is 1. The SMILES string of the molecule is O=C([O-])Cc1sc(-c2ccccn2)nc1-c1cccs1. The normalized spacial score (nSPS) is 10.6. The number of hydrogen-bond donors (Lipinski definition) is 0. The Kier molecular flexibility index (Phi) is 3.58. The number of carboxylic acids is 1. The Morgan fingerprint density at radius 1 is 1.25 bits per heavy atom. The molecule has 0 saturated heterocycles. The highest BCUT2D eigenvalue weighted by molar-refractivity contribution is 7.17. The third-order valence-corrected chi connectivity index (χ3v) is 4.60. The number of thiazole rings is 1. The number of aliphatic carboxylic acids is 1. The van der Waals surface area contributed by atoms with Gasteiger partial charge >= 0.3 is 0 Å². The molecule has 6 heteroatoms. The average molecular weight is 301 g/mol. The topological polar surface area (TPSA) is 65.9 Å². The van der Waals surface area contributed by atoms with Crippen molar-refractivity contribution in [1.29, 1.82) is 0 Å². The first-order chi connectivity index (χ1) is 9.74. The molecule has 0 aliphatic heterocycles. The van der Waals surface area contributed by atoms with Crippen molar-refractivity contribution < 1.29 is 9.90 Å². The lowest BCUT2D eigenvalue weighted by Gasteiger charge is -2.00. The molecule has 100 valence electrons. The molecule has 0 N–H and O–H groups in total. The van der Waals surface area contributed by atoms with Crippen LogP contribution in [0.1, 0.15) is 4.88 Å². The van der Waals surface area contributed by atoms with Crippen molar-refractivity contribution >= 4 is 28.6 Å². The number of nitrogens with zero attached hydrogens (tertiary/aromatic N) is 2. The summed E-state index contributed by atoms with van der Waals surface area (Å²) in [4.78, 5) is 21.4. The lowest BCUT2D eigenvalue weighted by atomic mass is 10.2. The molecule has 0 spiro atoms. The van der Waals surface area contributed by atoms with Crippen LogP contribution in [0.5, 0.6) is 0 Å². The quantitative estimate of drug-likeness (QED) is 0.741. The van der Waals surface area contributed by atoms with Crippen molar-refractivity contribution in [3.63, 3.8) is 0 Å². The van der Waals surface area contributed by atoms with Gasteiger partial charge in [0.15, 0.2) is 0 Å². The molecule has 0 radical (unpaired) electrons. The summed E-state index contributed by atoms with van der Waals surface area (Å²) < 4.78 is 0. The van der Waals surface area contributed by atoms with Gasteiger partial charge in [-0.15, -0.1) is 22.7 Å². The lowest BCUT2D eigenvalue weighted by Crippen LogP contribution is -2.24. The van der Waals surface area contributed by atoms with Crippen molar-refractivity contribution in [2.24, 2.45) is 0 Å². The van der Waals surface area contributed by atoms with E-state index in [-0.39, 0.29) is 6.42 Å². The summed E-state index contributed by atoms with van der Waals surface area (Å²) in [6.07, 6.45) is 1.57. The zero-order chi connectivity index (χ0) is 13.9. The number of carbonyl (C=O) groups excluding carboxylic acids is 1. The Bertz CT molecular complexity index is 721. The van der Waals surface area contributed by atoms with Gasteiger partial charge in [-0.2, -0.15) is 0 Å². The molecule has 3 rings (SSSR count). The predicted octanol–water partition coefficient (Wildman–Crippen LogP) is 2.23. The van der Waals surface area contributed by atoms with Gasteiger partial charge in [-0.05, 0) is 23.6 Å². The summed E-state index contributed by atoms with van der Waals surface area (Å²) in [5.41, 5.74) is 1.47. The van der Waals surface area contributed by atoms with Gasteiger partial charge in [-0.1, -0.05) is 12.1 Å². The molecule has 0 aliphatic rings. The van der Waals surface area contributed by atoms with Crippen LogP contribution >= 0.6 is 22.7 Å². The number of rotatable bonds is 4. The van der Waals surface area contributed by atoms with E-state index in [0.29, 0.717) is 4.88 Å². The van der Waals surface area contributed by atoms with Gasteiger partial charge in [0.1, 0.15) is 5.01 Å². The smallest absolute Gasteiger partial charge is 0.142 e. The van der Waals surface area contributed by atoms with Crippen LogP contribution in [0.4, 0.5) is 0 Å². The first-order valence-corrected chi connectivity index (χ1v) is 7.58. The second kappa shape index (κ2) is 5.52. The number of thiophene rings is 1. The van der Waals surface area contributed by atoms with Gasteiger partial charge in [-0.3, -0.25) is 4.98 Å². The zero-order valence-corrected chi connectivity index (χ0v) is 11.9. The van der Waals surface area contributed by atoms with Crippen LogP contribution in [-0.4, -0.2) is 15.9 Å². The highest BCUT2D eigenvalue weighted by atomic mass is 32.1. The fraction of sp³-hybridized carbons (Fsp3) is 0.0714. The van der Waals surface area contributed by atoms with E-state index in [0.717, 1.165) is 21.3 Å². The molecular weight excluding hydrogens is 292 g/mol. The maximum absolute atomic E-state index is 10.9. The Labute approximate surface area is 123 Å². The molecule has 0 aliphatic carbocycles. The highest BCUT2D eigenvalue weighted by Gasteiger charge is 2.15. The first-order valence-electron chi connectivity index (χ1n) is 5.89. The summed E-state index contributed by atoms with van der Waals surface area (Å²) in [7, 11) is 0. The minimum Gasteiger partial charge on any atom is -0.550 e.